The highest BCUT2D eigenvalue weighted by Crippen LogP contribution is 2.25. The molecule has 2 N–H and O–H groups in total. The van der Waals surface area contributed by atoms with Gasteiger partial charge in [0.15, 0.2) is 5.13 Å². The Balaban J connectivity index is 0.000000209. The summed E-state index contributed by atoms with van der Waals surface area (Å²) < 4.78 is 1.26. The number of thiazole rings is 1. The Labute approximate surface area is 161 Å². The molecule has 0 aliphatic carbocycles. The lowest BCUT2D eigenvalue weighted by molar-refractivity contribution is 0.685. The van der Waals surface area contributed by atoms with E-state index in [-0.39, 0.29) is 0 Å². The number of fused-ring (bicyclic) bond motifs is 1. The monoisotopic (exact) mass is 367 g/mol. The smallest absolute Gasteiger partial charge is 0.183 e. The maximum atomic E-state index is 7.06. The van der Waals surface area contributed by atoms with Crippen molar-refractivity contribution in [1.29, 1.82) is 5.41 Å². The van der Waals surface area contributed by atoms with Crippen molar-refractivity contribution in [2.45, 2.75) is 46.5 Å². The molecule has 0 spiro atoms. The summed E-state index contributed by atoms with van der Waals surface area (Å²) in [6.07, 6.45) is 6.57. The van der Waals surface area contributed by atoms with Crippen molar-refractivity contribution in [2.75, 3.05) is 11.9 Å². The Morgan fingerprint density at radius 1 is 1.08 bits per heavy atom. The van der Waals surface area contributed by atoms with Crippen LogP contribution in [0.5, 0.6) is 0 Å². The zero-order valence-electron chi connectivity index (χ0n) is 16.0. The summed E-state index contributed by atoms with van der Waals surface area (Å²) in [5.74, 6) is 0. The van der Waals surface area contributed by atoms with Gasteiger partial charge in [-0.2, -0.15) is 0 Å². The molecule has 1 heterocycles. The Bertz CT molecular complexity index is 790. The zero-order valence-corrected chi connectivity index (χ0v) is 16.8. The second kappa shape index (κ2) is 10.7. The second-order valence-corrected chi connectivity index (χ2v) is 7.51. The predicted molar refractivity (Wildman–Crippen MR) is 116 cm³/mol. The fraction of sp³-hybridized carbons (Fsp3) is 0.364. The highest BCUT2D eigenvalue weighted by atomic mass is 32.1. The van der Waals surface area contributed by atoms with Gasteiger partial charge in [0, 0.05) is 12.8 Å². The topological polar surface area (TPSA) is 48.8 Å². The molecule has 26 heavy (non-hydrogen) atoms. The zero-order chi connectivity index (χ0) is 18.8. The molecular formula is C22H29N3S. The van der Waals surface area contributed by atoms with E-state index in [4.69, 9.17) is 5.41 Å². The van der Waals surface area contributed by atoms with Gasteiger partial charge in [0.1, 0.15) is 0 Å². The molecule has 0 saturated heterocycles. The van der Waals surface area contributed by atoms with Crippen molar-refractivity contribution in [2.24, 2.45) is 0 Å². The lowest BCUT2D eigenvalue weighted by Crippen LogP contribution is -2.00. The van der Waals surface area contributed by atoms with E-state index in [1.54, 1.807) is 11.3 Å². The van der Waals surface area contributed by atoms with E-state index in [2.05, 4.69) is 41.5 Å². The van der Waals surface area contributed by atoms with Crippen molar-refractivity contribution >= 4 is 32.9 Å². The highest BCUT2D eigenvalue weighted by molar-refractivity contribution is 7.22. The van der Waals surface area contributed by atoms with Gasteiger partial charge in [-0.1, -0.05) is 73.4 Å². The van der Waals surface area contributed by atoms with Crippen LogP contribution in [0.25, 0.3) is 10.2 Å². The minimum Gasteiger partial charge on any atom is -0.361 e. The standard InChI is InChI=1S/C13H18N2S.C9H11N/c1-2-3-4-7-10-14-13-15-11-8-5-6-9-12(11)16-13;1-7-3-4-8(2)9(5-7)6-10/h5-6,8-9H,2-4,7,10H2,1H3,(H,14,15);3-6,10H,1-2H3. The van der Waals surface area contributed by atoms with Crippen molar-refractivity contribution in [3.8, 4) is 0 Å². The maximum absolute atomic E-state index is 7.06. The summed E-state index contributed by atoms with van der Waals surface area (Å²) in [4.78, 5) is 4.54. The summed E-state index contributed by atoms with van der Waals surface area (Å²) in [6.45, 7) is 7.33. The summed E-state index contributed by atoms with van der Waals surface area (Å²) in [5, 5.41) is 11.5. The SMILES string of the molecule is CCCCCCNc1nc2ccccc2s1.Cc1ccc(C)c(C=N)c1. The first kappa shape index (κ1) is 20.1. The van der Waals surface area contributed by atoms with Crippen LogP contribution >= 0.6 is 11.3 Å². The number of nitrogens with one attached hydrogen (secondary N) is 2. The minimum atomic E-state index is 1.01. The number of benzene rings is 2. The molecule has 0 radical (unpaired) electrons. The number of anilines is 1. The fourth-order valence-corrected chi connectivity index (χ4v) is 3.50. The first-order valence-corrected chi connectivity index (χ1v) is 10.1. The van der Waals surface area contributed by atoms with E-state index in [0.717, 1.165) is 22.8 Å². The molecule has 3 rings (SSSR count). The number of rotatable bonds is 7. The van der Waals surface area contributed by atoms with Crippen molar-refractivity contribution in [1.82, 2.24) is 4.98 Å². The lowest BCUT2D eigenvalue weighted by Gasteiger charge is -2.00. The number of hydrogen-bond donors (Lipinski definition) is 2. The van der Waals surface area contributed by atoms with Gasteiger partial charge in [-0.15, -0.1) is 0 Å². The summed E-state index contributed by atoms with van der Waals surface area (Å²) >= 11 is 1.74. The molecule has 0 amide bonds. The first-order valence-electron chi connectivity index (χ1n) is 9.31. The molecule has 138 valence electrons. The predicted octanol–water partition coefficient (Wildman–Crippen LogP) is 6.59. The van der Waals surface area contributed by atoms with Crippen molar-refractivity contribution < 1.29 is 0 Å². The number of aromatic nitrogens is 1. The fourth-order valence-electron chi connectivity index (χ4n) is 2.61. The summed E-state index contributed by atoms with van der Waals surface area (Å²) in [6, 6.07) is 14.4. The van der Waals surface area contributed by atoms with Crippen LogP contribution in [0.2, 0.25) is 0 Å². The highest BCUT2D eigenvalue weighted by Gasteiger charge is 2.01. The van der Waals surface area contributed by atoms with Gasteiger partial charge >= 0.3 is 0 Å². The van der Waals surface area contributed by atoms with Gasteiger partial charge in [0.2, 0.25) is 0 Å². The third-order valence-electron chi connectivity index (χ3n) is 4.19. The van der Waals surface area contributed by atoms with Crippen molar-refractivity contribution in [3.05, 3.63) is 59.2 Å². The van der Waals surface area contributed by atoms with Gasteiger partial charge in [-0.25, -0.2) is 4.98 Å². The normalized spacial score (nSPS) is 10.3. The van der Waals surface area contributed by atoms with Gasteiger partial charge in [0.05, 0.1) is 10.2 Å². The van der Waals surface area contributed by atoms with Gasteiger partial charge in [0.25, 0.3) is 0 Å². The van der Waals surface area contributed by atoms with E-state index < -0.39 is 0 Å². The average molecular weight is 368 g/mol. The molecule has 0 atom stereocenters. The quantitative estimate of drug-likeness (QED) is 0.365. The molecule has 0 unspecified atom stereocenters. The third kappa shape index (κ3) is 6.26. The number of nitrogens with zero attached hydrogens (tertiary/aromatic N) is 1. The van der Waals surface area contributed by atoms with Gasteiger partial charge in [-0.05, 0) is 43.5 Å². The van der Waals surface area contributed by atoms with E-state index >= 15 is 0 Å². The van der Waals surface area contributed by atoms with Crippen LogP contribution < -0.4 is 5.32 Å². The average Bonchev–Trinajstić information content (AvgIpc) is 3.07. The van der Waals surface area contributed by atoms with Crippen LogP contribution in [0.15, 0.2) is 42.5 Å². The Hall–Kier alpha value is -2.20. The number of aryl methyl sites for hydroxylation is 2. The molecule has 3 nitrogen and oxygen atoms in total. The van der Waals surface area contributed by atoms with Gasteiger partial charge in [-0.3, -0.25) is 0 Å². The summed E-state index contributed by atoms with van der Waals surface area (Å²) in [7, 11) is 0. The van der Waals surface area contributed by atoms with E-state index in [1.165, 1.54) is 47.7 Å². The molecule has 3 aromatic rings. The molecule has 1 aromatic heterocycles. The molecule has 0 fully saturated rings. The number of unbranched alkanes of at least 4 members (excludes halogenated alkanes) is 3. The Kier molecular flexibility index (Phi) is 8.29. The maximum Gasteiger partial charge on any atom is 0.183 e. The number of hydrogen-bond acceptors (Lipinski definition) is 4. The van der Waals surface area contributed by atoms with Gasteiger partial charge < -0.3 is 10.7 Å². The Morgan fingerprint density at radius 3 is 2.58 bits per heavy atom. The number of para-hydroxylation sites is 1. The van der Waals surface area contributed by atoms with E-state index in [1.807, 2.05) is 32.0 Å². The van der Waals surface area contributed by atoms with Crippen LogP contribution in [-0.4, -0.2) is 17.7 Å². The third-order valence-corrected chi connectivity index (χ3v) is 5.18. The molecule has 0 aliphatic heterocycles. The molecule has 0 saturated carbocycles. The second-order valence-electron chi connectivity index (χ2n) is 6.48. The van der Waals surface area contributed by atoms with Crippen molar-refractivity contribution in [3.63, 3.8) is 0 Å². The molecule has 0 bridgehead atoms. The lowest BCUT2D eigenvalue weighted by atomic mass is 10.1. The molecular weight excluding hydrogens is 338 g/mol. The minimum absolute atomic E-state index is 1.01. The first-order chi connectivity index (χ1) is 12.6. The van der Waals surface area contributed by atoms with Crippen LogP contribution in [-0.2, 0) is 0 Å². The molecule has 4 heteroatoms. The largest absolute Gasteiger partial charge is 0.361 e. The Morgan fingerprint density at radius 2 is 1.88 bits per heavy atom. The van der Waals surface area contributed by atoms with Crippen LogP contribution in [0.1, 0.15) is 49.3 Å². The molecule has 0 aliphatic rings. The van der Waals surface area contributed by atoms with Crippen LogP contribution in [0.4, 0.5) is 5.13 Å². The summed E-state index contributed by atoms with van der Waals surface area (Å²) in [5.41, 5.74) is 4.49. The van der Waals surface area contributed by atoms with E-state index in [9.17, 15) is 0 Å². The van der Waals surface area contributed by atoms with Crippen LogP contribution in [0, 0.1) is 19.3 Å². The molecule has 2 aromatic carbocycles. The van der Waals surface area contributed by atoms with E-state index in [0.29, 0.717) is 0 Å². The van der Waals surface area contributed by atoms with Crippen LogP contribution in [0.3, 0.4) is 0 Å².